The van der Waals surface area contributed by atoms with Crippen molar-refractivity contribution in [2.24, 2.45) is 5.92 Å². The van der Waals surface area contributed by atoms with E-state index in [1.165, 1.54) is 18.4 Å². The summed E-state index contributed by atoms with van der Waals surface area (Å²) in [5, 5.41) is 6.27. The van der Waals surface area contributed by atoms with Crippen molar-refractivity contribution >= 4 is 23.3 Å². The van der Waals surface area contributed by atoms with Gasteiger partial charge >= 0.3 is 6.03 Å². The molecule has 0 bridgehead atoms. The highest BCUT2D eigenvalue weighted by molar-refractivity contribution is 6.30. The first-order valence-electron chi connectivity index (χ1n) is 9.86. The van der Waals surface area contributed by atoms with Gasteiger partial charge in [-0.3, -0.25) is 0 Å². The van der Waals surface area contributed by atoms with Gasteiger partial charge < -0.3 is 15.5 Å². The van der Waals surface area contributed by atoms with Crippen molar-refractivity contribution in [1.82, 2.24) is 10.2 Å². The smallest absolute Gasteiger partial charge is 0.319 e. The van der Waals surface area contributed by atoms with Gasteiger partial charge in [0.15, 0.2) is 0 Å². The van der Waals surface area contributed by atoms with Gasteiger partial charge in [0.05, 0.1) is 0 Å². The molecule has 0 aromatic heterocycles. The van der Waals surface area contributed by atoms with Crippen LogP contribution in [0.1, 0.15) is 24.8 Å². The SMILES string of the molecule is O=C(NCCCN1CCC(Cc2ccc(F)cc2)CC1)Nc1cccc(Cl)c1. The Morgan fingerprint density at radius 3 is 2.61 bits per heavy atom. The van der Waals surface area contributed by atoms with Gasteiger partial charge in [0.25, 0.3) is 0 Å². The summed E-state index contributed by atoms with van der Waals surface area (Å²) in [6, 6.07) is 13.8. The normalized spacial score (nSPS) is 15.4. The van der Waals surface area contributed by atoms with Crippen molar-refractivity contribution in [3.05, 3.63) is 64.9 Å². The summed E-state index contributed by atoms with van der Waals surface area (Å²) in [5.41, 5.74) is 1.91. The lowest BCUT2D eigenvalue weighted by atomic mass is 9.90. The third-order valence-electron chi connectivity index (χ3n) is 5.16. The molecule has 6 heteroatoms. The number of piperidine rings is 1. The van der Waals surface area contributed by atoms with Gasteiger partial charge in [0.2, 0.25) is 0 Å². The molecule has 1 aliphatic rings. The van der Waals surface area contributed by atoms with E-state index >= 15 is 0 Å². The van der Waals surface area contributed by atoms with Crippen LogP contribution in [0.5, 0.6) is 0 Å². The van der Waals surface area contributed by atoms with Crippen LogP contribution in [0.2, 0.25) is 5.02 Å². The van der Waals surface area contributed by atoms with Gasteiger partial charge in [-0.05, 0) is 87.1 Å². The van der Waals surface area contributed by atoms with Gasteiger partial charge in [-0.25, -0.2) is 9.18 Å². The van der Waals surface area contributed by atoms with Gasteiger partial charge in [-0.15, -0.1) is 0 Å². The summed E-state index contributed by atoms with van der Waals surface area (Å²) in [5.74, 6) is 0.497. The number of nitrogens with zero attached hydrogens (tertiary/aromatic N) is 1. The van der Waals surface area contributed by atoms with Crippen LogP contribution in [-0.2, 0) is 6.42 Å². The fraction of sp³-hybridized carbons (Fsp3) is 0.409. The van der Waals surface area contributed by atoms with E-state index in [9.17, 15) is 9.18 Å². The Morgan fingerprint density at radius 1 is 1.14 bits per heavy atom. The van der Waals surface area contributed by atoms with Gasteiger partial charge in [-0.1, -0.05) is 29.8 Å². The van der Waals surface area contributed by atoms with Crippen LogP contribution in [0.15, 0.2) is 48.5 Å². The molecule has 1 saturated heterocycles. The molecule has 1 fully saturated rings. The average molecular weight is 404 g/mol. The van der Waals surface area contributed by atoms with Gasteiger partial charge in [-0.2, -0.15) is 0 Å². The van der Waals surface area contributed by atoms with E-state index in [2.05, 4.69) is 15.5 Å². The van der Waals surface area contributed by atoms with E-state index in [-0.39, 0.29) is 11.8 Å². The van der Waals surface area contributed by atoms with Crippen LogP contribution >= 0.6 is 11.6 Å². The van der Waals surface area contributed by atoms with Crippen molar-refractivity contribution in [1.29, 1.82) is 0 Å². The fourth-order valence-corrected chi connectivity index (χ4v) is 3.80. The zero-order valence-electron chi connectivity index (χ0n) is 16.0. The monoisotopic (exact) mass is 403 g/mol. The molecule has 1 heterocycles. The highest BCUT2D eigenvalue weighted by Crippen LogP contribution is 2.22. The van der Waals surface area contributed by atoms with E-state index in [0.717, 1.165) is 32.5 Å². The Morgan fingerprint density at radius 2 is 1.89 bits per heavy atom. The summed E-state index contributed by atoms with van der Waals surface area (Å²) in [6.45, 7) is 3.80. The Labute approximate surface area is 171 Å². The van der Waals surface area contributed by atoms with Crippen LogP contribution in [0.25, 0.3) is 0 Å². The Hall–Kier alpha value is -2.11. The number of rotatable bonds is 7. The maximum atomic E-state index is 13.0. The van der Waals surface area contributed by atoms with Crippen LogP contribution in [-0.4, -0.2) is 37.1 Å². The summed E-state index contributed by atoms with van der Waals surface area (Å²) < 4.78 is 13.0. The van der Waals surface area contributed by atoms with E-state index in [1.54, 1.807) is 30.3 Å². The third kappa shape index (κ3) is 6.80. The molecule has 4 nitrogen and oxygen atoms in total. The number of urea groups is 1. The molecular formula is C22H27ClFN3O. The fourth-order valence-electron chi connectivity index (χ4n) is 3.61. The zero-order chi connectivity index (χ0) is 19.8. The minimum absolute atomic E-state index is 0.173. The number of anilines is 1. The molecule has 2 N–H and O–H groups in total. The van der Waals surface area contributed by atoms with E-state index < -0.39 is 0 Å². The maximum Gasteiger partial charge on any atom is 0.319 e. The first kappa shape index (κ1) is 20.6. The lowest BCUT2D eigenvalue weighted by Crippen LogP contribution is -2.37. The van der Waals surface area contributed by atoms with Crippen LogP contribution in [0.3, 0.4) is 0 Å². The summed E-state index contributed by atoms with van der Waals surface area (Å²) in [4.78, 5) is 14.4. The van der Waals surface area contributed by atoms with E-state index in [1.807, 2.05) is 18.2 Å². The topological polar surface area (TPSA) is 44.4 Å². The molecule has 0 radical (unpaired) electrons. The van der Waals surface area contributed by atoms with Gasteiger partial charge in [0, 0.05) is 17.3 Å². The van der Waals surface area contributed by atoms with Gasteiger partial charge in [0.1, 0.15) is 5.82 Å². The second-order valence-corrected chi connectivity index (χ2v) is 7.80. The van der Waals surface area contributed by atoms with Crippen molar-refractivity contribution < 1.29 is 9.18 Å². The number of carbonyl (C=O) groups excluding carboxylic acids is 1. The molecule has 3 rings (SSSR count). The number of halogens is 2. The largest absolute Gasteiger partial charge is 0.338 e. The van der Waals surface area contributed by atoms with Crippen molar-refractivity contribution in [3.8, 4) is 0 Å². The lowest BCUT2D eigenvalue weighted by molar-refractivity contribution is 0.182. The van der Waals surface area contributed by atoms with E-state index in [4.69, 9.17) is 11.6 Å². The first-order chi connectivity index (χ1) is 13.6. The average Bonchev–Trinajstić information content (AvgIpc) is 2.68. The maximum absolute atomic E-state index is 13.0. The molecule has 28 heavy (non-hydrogen) atoms. The summed E-state index contributed by atoms with van der Waals surface area (Å²) in [7, 11) is 0. The number of carbonyl (C=O) groups is 1. The van der Waals surface area contributed by atoms with Crippen LogP contribution in [0.4, 0.5) is 14.9 Å². The lowest BCUT2D eigenvalue weighted by Gasteiger charge is -2.32. The zero-order valence-corrected chi connectivity index (χ0v) is 16.7. The minimum Gasteiger partial charge on any atom is -0.338 e. The molecule has 0 saturated carbocycles. The third-order valence-corrected chi connectivity index (χ3v) is 5.40. The predicted molar refractivity (Wildman–Crippen MR) is 112 cm³/mol. The number of likely N-dealkylation sites (tertiary alicyclic amines) is 1. The minimum atomic E-state index is -0.208. The van der Waals surface area contributed by atoms with E-state index in [0.29, 0.717) is 23.2 Å². The molecule has 2 aromatic carbocycles. The molecular weight excluding hydrogens is 377 g/mol. The highest BCUT2D eigenvalue weighted by Gasteiger charge is 2.19. The standard InChI is InChI=1S/C22H27ClFN3O/c23-19-3-1-4-21(16-19)26-22(28)25-11-2-12-27-13-9-18(10-14-27)15-17-5-7-20(24)8-6-17/h1,3-8,16,18H,2,9-15H2,(H2,25,26,28). The predicted octanol–water partition coefficient (Wildman–Crippen LogP) is 4.95. The van der Waals surface area contributed by atoms with Crippen molar-refractivity contribution in [2.45, 2.75) is 25.7 Å². The second kappa shape index (κ2) is 10.4. The Balaban J connectivity index is 1.28. The first-order valence-corrected chi connectivity index (χ1v) is 10.2. The molecule has 0 spiro atoms. The summed E-state index contributed by atoms with van der Waals surface area (Å²) in [6.07, 6.45) is 4.28. The van der Waals surface area contributed by atoms with Crippen LogP contribution in [0, 0.1) is 11.7 Å². The molecule has 0 unspecified atom stereocenters. The summed E-state index contributed by atoms with van der Waals surface area (Å²) >= 11 is 5.91. The Bertz CT molecular complexity index is 761. The highest BCUT2D eigenvalue weighted by atomic mass is 35.5. The van der Waals surface area contributed by atoms with Crippen molar-refractivity contribution in [3.63, 3.8) is 0 Å². The van der Waals surface area contributed by atoms with Crippen molar-refractivity contribution in [2.75, 3.05) is 31.5 Å². The van der Waals surface area contributed by atoms with Crippen LogP contribution < -0.4 is 10.6 Å². The molecule has 2 aromatic rings. The molecule has 0 atom stereocenters. The quantitative estimate of drug-likeness (QED) is 0.643. The number of hydrogen-bond acceptors (Lipinski definition) is 2. The Kier molecular flexibility index (Phi) is 7.69. The number of amides is 2. The number of hydrogen-bond donors (Lipinski definition) is 2. The molecule has 150 valence electrons. The number of nitrogens with one attached hydrogen (secondary N) is 2. The molecule has 0 aliphatic carbocycles. The number of benzene rings is 2. The molecule has 2 amide bonds. The second-order valence-electron chi connectivity index (χ2n) is 7.36. The molecule has 1 aliphatic heterocycles.